The summed E-state index contributed by atoms with van der Waals surface area (Å²) >= 11 is 0. The summed E-state index contributed by atoms with van der Waals surface area (Å²) in [5.41, 5.74) is 0. The van der Waals surface area contributed by atoms with Crippen molar-refractivity contribution in [3.05, 3.63) is 0 Å². The Morgan fingerprint density at radius 3 is 2.12 bits per heavy atom. The zero-order valence-electron chi connectivity index (χ0n) is 10.0. The molecule has 1 saturated carbocycles. The second-order valence-electron chi connectivity index (χ2n) is 4.95. The number of hydrogen-bond acceptors (Lipinski definition) is 3. The van der Waals surface area contributed by atoms with Crippen LogP contribution in [0, 0.1) is 0 Å². The largest absolute Gasteiger partial charge is 0.300 e. The maximum atomic E-state index is 11.6. The van der Waals surface area contributed by atoms with Gasteiger partial charge in [0, 0.05) is 26.2 Å². The lowest BCUT2D eigenvalue weighted by atomic mass is 10.1. The van der Waals surface area contributed by atoms with E-state index in [2.05, 4.69) is 9.62 Å². The lowest BCUT2D eigenvalue weighted by Gasteiger charge is -2.32. The molecule has 0 spiro atoms. The third-order valence-corrected chi connectivity index (χ3v) is 4.98. The standard InChI is InChI=1S/C10H21N3O2S/c1-12(2)16(14,15)11-9-5-7-13(8-6-9)10-3-4-10/h9-11H,3-8H2,1-2H3. The molecule has 0 bridgehead atoms. The van der Waals surface area contributed by atoms with Crippen LogP contribution < -0.4 is 4.72 Å². The van der Waals surface area contributed by atoms with Crippen molar-refractivity contribution in [2.45, 2.75) is 37.8 Å². The first-order chi connectivity index (χ1) is 7.49. The third kappa shape index (κ3) is 2.94. The molecule has 6 heteroatoms. The molecule has 1 N–H and O–H groups in total. The van der Waals surface area contributed by atoms with E-state index in [0.717, 1.165) is 32.0 Å². The number of likely N-dealkylation sites (tertiary alicyclic amines) is 1. The van der Waals surface area contributed by atoms with E-state index in [1.807, 2.05) is 0 Å². The molecular formula is C10H21N3O2S. The van der Waals surface area contributed by atoms with Gasteiger partial charge in [0.2, 0.25) is 0 Å². The quantitative estimate of drug-likeness (QED) is 0.761. The molecule has 1 aliphatic heterocycles. The van der Waals surface area contributed by atoms with Gasteiger partial charge in [0.25, 0.3) is 10.2 Å². The highest BCUT2D eigenvalue weighted by Crippen LogP contribution is 2.29. The summed E-state index contributed by atoms with van der Waals surface area (Å²) in [6, 6.07) is 0.911. The molecule has 94 valence electrons. The molecule has 2 aliphatic rings. The molecule has 0 unspecified atom stereocenters. The second-order valence-corrected chi connectivity index (χ2v) is 6.86. The zero-order chi connectivity index (χ0) is 11.8. The number of piperidine rings is 1. The number of rotatable bonds is 4. The molecule has 16 heavy (non-hydrogen) atoms. The molecular weight excluding hydrogens is 226 g/mol. The average molecular weight is 247 g/mol. The molecule has 0 atom stereocenters. The Morgan fingerprint density at radius 2 is 1.69 bits per heavy atom. The van der Waals surface area contributed by atoms with Crippen LogP contribution in [0.25, 0.3) is 0 Å². The van der Waals surface area contributed by atoms with E-state index >= 15 is 0 Å². The van der Waals surface area contributed by atoms with Gasteiger partial charge in [-0.05, 0) is 38.8 Å². The van der Waals surface area contributed by atoms with Crippen LogP contribution in [0.5, 0.6) is 0 Å². The lowest BCUT2D eigenvalue weighted by Crippen LogP contribution is -2.48. The van der Waals surface area contributed by atoms with Gasteiger partial charge in [-0.1, -0.05) is 0 Å². The van der Waals surface area contributed by atoms with Crippen LogP contribution in [0.3, 0.4) is 0 Å². The normalized spacial score (nSPS) is 25.2. The maximum absolute atomic E-state index is 11.6. The number of hydrogen-bond donors (Lipinski definition) is 1. The predicted molar refractivity (Wildman–Crippen MR) is 63.4 cm³/mol. The van der Waals surface area contributed by atoms with Gasteiger partial charge >= 0.3 is 0 Å². The average Bonchev–Trinajstić information content (AvgIpc) is 3.01. The van der Waals surface area contributed by atoms with Gasteiger partial charge in [-0.3, -0.25) is 0 Å². The minimum Gasteiger partial charge on any atom is -0.300 e. The number of nitrogens with zero attached hydrogens (tertiary/aromatic N) is 2. The molecule has 2 rings (SSSR count). The lowest BCUT2D eigenvalue weighted by molar-refractivity contribution is 0.198. The Labute approximate surface area is 98.0 Å². The van der Waals surface area contributed by atoms with Crippen LogP contribution >= 0.6 is 0 Å². The van der Waals surface area contributed by atoms with E-state index in [1.54, 1.807) is 14.1 Å². The molecule has 0 amide bonds. The summed E-state index contributed by atoms with van der Waals surface area (Å²) < 4.78 is 27.2. The van der Waals surface area contributed by atoms with Gasteiger partial charge in [-0.2, -0.15) is 17.4 Å². The van der Waals surface area contributed by atoms with Crippen molar-refractivity contribution in [1.29, 1.82) is 0 Å². The summed E-state index contributed by atoms with van der Waals surface area (Å²) in [4.78, 5) is 2.49. The van der Waals surface area contributed by atoms with Gasteiger partial charge in [0.1, 0.15) is 0 Å². The summed E-state index contributed by atoms with van der Waals surface area (Å²) in [6.07, 6.45) is 4.52. The molecule has 0 radical (unpaired) electrons. The van der Waals surface area contributed by atoms with Crippen LogP contribution in [0.15, 0.2) is 0 Å². The van der Waals surface area contributed by atoms with Crippen molar-refractivity contribution >= 4 is 10.2 Å². The van der Waals surface area contributed by atoms with E-state index in [0.29, 0.717) is 0 Å². The van der Waals surface area contributed by atoms with E-state index in [4.69, 9.17) is 0 Å². The Bertz CT molecular complexity index is 330. The molecule has 2 fully saturated rings. The van der Waals surface area contributed by atoms with Crippen LogP contribution in [-0.2, 0) is 10.2 Å². The SMILES string of the molecule is CN(C)S(=O)(=O)NC1CCN(C2CC2)CC1. The van der Waals surface area contributed by atoms with Gasteiger partial charge in [0.15, 0.2) is 0 Å². The number of nitrogens with one attached hydrogen (secondary N) is 1. The fourth-order valence-corrected chi connectivity index (χ4v) is 3.01. The third-order valence-electron chi connectivity index (χ3n) is 3.39. The monoisotopic (exact) mass is 247 g/mol. The van der Waals surface area contributed by atoms with E-state index in [1.165, 1.54) is 17.1 Å². The summed E-state index contributed by atoms with van der Waals surface area (Å²) in [5, 5.41) is 0. The highest BCUT2D eigenvalue weighted by Gasteiger charge is 2.32. The van der Waals surface area contributed by atoms with Crippen LogP contribution in [0.2, 0.25) is 0 Å². The molecule has 0 aromatic heterocycles. The minimum atomic E-state index is -3.26. The molecule has 0 aromatic carbocycles. The van der Waals surface area contributed by atoms with E-state index in [-0.39, 0.29) is 6.04 Å². The maximum Gasteiger partial charge on any atom is 0.279 e. The molecule has 1 saturated heterocycles. The Balaban J connectivity index is 1.80. The van der Waals surface area contributed by atoms with Gasteiger partial charge < -0.3 is 4.90 Å². The smallest absolute Gasteiger partial charge is 0.279 e. The Kier molecular flexibility index (Phi) is 3.53. The fraction of sp³-hybridized carbons (Fsp3) is 1.00. The predicted octanol–water partition coefficient (Wildman–Crippen LogP) is 0.00920. The topological polar surface area (TPSA) is 52.7 Å². The van der Waals surface area contributed by atoms with Gasteiger partial charge in [0.05, 0.1) is 0 Å². The van der Waals surface area contributed by atoms with E-state index < -0.39 is 10.2 Å². The van der Waals surface area contributed by atoms with Crippen molar-refractivity contribution in [3.63, 3.8) is 0 Å². The van der Waals surface area contributed by atoms with Crippen LogP contribution in [0.4, 0.5) is 0 Å². The van der Waals surface area contributed by atoms with Crippen molar-refractivity contribution in [1.82, 2.24) is 13.9 Å². The first-order valence-electron chi connectivity index (χ1n) is 5.93. The van der Waals surface area contributed by atoms with Crippen molar-refractivity contribution in [3.8, 4) is 0 Å². The Hall–Kier alpha value is -0.170. The van der Waals surface area contributed by atoms with Crippen molar-refractivity contribution < 1.29 is 8.42 Å². The first kappa shape index (κ1) is 12.3. The molecule has 1 heterocycles. The summed E-state index contributed by atoms with van der Waals surface area (Å²) in [5.74, 6) is 0. The van der Waals surface area contributed by atoms with Gasteiger partial charge in [-0.25, -0.2) is 0 Å². The van der Waals surface area contributed by atoms with Crippen LogP contribution in [0.1, 0.15) is 25.7 Å². The Morgan fingerprint density at radius 1 is 1.12 bits per heavy atom. The van der Waals surface area contributed by atoms with Crippen LogP contribution in [-0.4, -0.2) is 56.9 Å². The highest BCUT2D eigenvalue weighted by atomic mass is 32.2. The van der Waals surface area contributed by atoms with Gasteiger partial charge in [-0.15, -0.1) is 0 Å². The fourth-order valence-electron chi connectivity index (χ4n) is 2.14. The first-order valence-corrected chi connectivity index (χ1v) is 7.37. The molecule has 0 aromatic rings. The summed E-state index contributed by atoms with van der Waals surface area (Å²) in [7, 11) is -0.141. The molecule has 5 nitrogen and oxygen atoms in total. The summed E-state index contributed by atoms with van der Waals surface area (Å²) in [6.45, 7) is 2.07. The van der Waals surface area contributed by atoms with Crippen molar-refractivity contribution in [2.24, 2.45) is 0 Å². The van der Waals surface area contributed by atoms with Crippen molar-refractivity contribution in [2.75, 3.05) is 27.2 Å². The van der Waals surface area contributed by atoms with E-state index in [9.17, 15) is 8.42 Å². The minimum absolute atomic E-state index is 0.113. The zero-order valence-corrected chi connectivity index (χ0v) is 10.8. The second kappa shape index (κ2) is 4.60. The highest BCUT2D eigenvalue weighted by molar-refractivity contribution is 7.87. The molecule has 1 aliphatic carbocycles.